The lowest BCUT2D eigenvalue weighted by molar-refractivity contribution is -0.132. The van der Waals surface area contributed by atoms with E-state index in [0.717, 1.165) is 12.2 Å². The van der Waals surface area contributed by atoms with Crippen molar-refractivity contribution in [1.82, 2.24) is 4.90 Å². The number of ketones is 1. The van der Waals surface area contributed by atoms with Gasteiger partial charge in [-0.1, -0.05) is 59.6 Å². The molecule has 0 spiro atoms. The Bertz CT molecular complexity index is 1030. The average molecular weight is 442 g/mol. The molecule has 1 fully saturated rings. The highest BCUT2D eigenvalue weighted by Gasteiger charge is 2.28. The summed E-state index contributed by atoms with van der Waals surface area (Å²) >= 11 is 12.4. The van der Waals surface area contributed by atoms with E-state index in [0.29, 0.717) is 32.3 Å². The molecule has 0 unspecified atom stereocenters. The van der Waals surface area contributed by atoms with Crippen molar-refractivity contribution in [3.05, 3.63) is 93.0 Å². The predicted molar refractivity (Wildman–Crippen MR) is 117 cm³/mol. The highest BCUT2D eigenvalue weighted by atomic mass is 35.5. The van der Waals surface area contributed by atoms with E-state index in [9.17, 15) is 14.4 Å². The fraction of sp³-hybridized carbons (Fsp3) is 0.0870. The number of nitrogens with zero attached hydrogens (tertiary/aromatic N) is 1. The molecule has 1 aliphatic rings. The zero-order chi connectivity index (χ0) is 21.7. The van der Waals surface area contributed by atoms with Crippen LogP contribution in [-0.4, -0.2) is 40.8 Å². The number of carbonyl (C=O) groups is 3. The fourth-order valence-electron chi connectivity index (χ4n) is 3.00. The normalized spacial score (nSPS) is 17.1. The quantitative estimate of drug-likeness (QED) is 0.707. The minimum Gasteiger partial charge on any atom is -0.478 e. The van der Waals surface area contributed by atoms with Crippen molar-refractivity contribution >= 4 is 53.0 Å². The van der Waals surface area contributed by atoms with Crippen molar-refractivity contribution in [1.29, 1.82) is 0 Å². The fourth-order valence-corrected chi connectivity index (χ4v) is 3.38. The number of benzene rings is 2. The first-order valence-corrected chi connectivity index (χ1v) is 9.75. The van der Waals surface area contributed by atoms with Crippen LogP contribution in [0.15, 0.2) is 71.8 Å². The van der Waals surface area contributed by atoms with Gasteiger partial charge in [-0.25, -0.2) is 4.79 Å². The predicted octanol–water partition coefficient (Wildman–Crippen LogP) is 4.51. The molecule has 0 atom stereocenters. The minimum absolute atomic E-state index is 0.0344. The van der Waals surface area contributed by atoms with Crippen molar-refractivity contribution < 1.29 is 19.5 Å². The Hall–Kier alpha value is -3.15. The number of aliphatic carboxylic acids is 1. The van der Waals surface area contributed by atoms with Gasteiger partial charge in [0.1, 0.15) is 0 Å². The van der Waals surface area contributed by atoms with Gasteiger partial charge in [-0.15, -0.1) is 0 Å². The van der Waals surface area contributed by atoms with Crippen LogP contribution >= 0.6 is 23.2 Å². The van der Waals surface area contributed by atoms with Crippen LogP contribution in [0.3, 0.4) is 0 Å². The molecule has 152 valence electrons. The van der Waals surface area contributed by atoms with Crippen molar-refractivity contribution in [3.8, 4) is 0 Å². The van der Waals surface area contributed by atoms with Gasteiger partial charge in [0.05, 0.1) is 13.1 Å². The molecule has 0 bridgehead atoms. The molecular formula is C23H17Cl2NO4. The molecule has 1 saturated heterocycles. The molecule has 0 saturated carbocycles. The first-order valence-electron chi connectivity index (χ1n) is 9.00. The van der Waals surface area contributed by atoms with E-state index < -0.39 is 11.9 Å². The summed E-state index contributed by atoms with van der Waals surface area (Å²) in [5, 5.41) is 9.74. The van der Waals surface area contributed by atoms with Gasteiger partial charge in [-0.3, -0.25) is 9.59 Å². The highest BCUT2D eigenvalue weighted by Crippen LogP contribution is 2.26. The maximum Gasteiger partial charge on any atom is 0.328 e. The van der Waals surface area contributed by atoms with E-state index in [1.54, 1.807) is 60.7 Å². The Morgan fingerprint density at radius 2 is 1.30 bits per heavy atom. The average Bonchev–Trinajstić information content (AvgIpc) is 2.72. The molecule has 0 radical (unpaired) electrons. The van der Waals surface area contributed by atoms with E-state index in [-0.39, 0.29) is 18.9 Å². The van der Waals surface area contributed by atoms with Crippen molar-refractivity contribution in [2.24, 2.45) is 0 Å². The van der Waals surface area contributed by atoms with E-state index >= 15 is 0 Å². The zero-order valence-corrected chi connectivity index (χ0v) is 17.2. The Morgan fingerprint density at radius 1 is 0.833 bits per heavy atom. The Kier molecular flexibility index (Phi) is 6.87. The summed E-state index contributed by atoms with van der Waals surface area (Å²) in [6, 6.07) is 14.1. The van der Waals surface area contributed by atoms with Crippen LogP contribution in [0.5, 0.6) is 0 Å². The van der Waals surface area contributed by atoms with Gasteiger partial charge in [0.2, 0.25) is 5.91 Å². The summed E-state index contributed by atoms with van der Waals surface area (Å²) in [5.74, 6) is -1.96. The number of amides is 1. The Labute approximate surface area is 183 Å². The third-order valence-electron chi connectivity index (χ3n) is 4.46. The molecule has 5 nitrogen and oxygen atoms in total. The molecule has 0 aromatic heterocycles. The Morgan fingerprint density at radius 3 is 1.73 bits per heavy atom. The van der Waals surface area contributed by atoms with Gasteiger partial charge in [0.15, 0.2) is 5.78 Å². The van der Waals surface area contributed by atoms with E-state index in [4.69, 9.17) is 28.3 Å². The summed E-state index contributed by atoms with van der Waals surface area (Å²) in [4.78, 5) is 37.8. The van der Waals surface area contributed by atoms with Crippen LogP contribution in [0.4, 0.5) is 0 Å². The third kappa shape index (κ3) is 5.26. The maximum atomic E-state index is 13.1. The van der Waals surface area contributed by atoms with Gasteiger partial charge >= 0.3 is 5.97 Å². The molecule has 1 amide bonds. The number of hydrogen-bond donors (Lipinski definition) is 1. The number of halogens is 2. The molecule has 1 aliphatic heterocycles. The van der Waals surface area contributed by atoms with Gasteiger partial charge in [0.25, 0.3) is 0 Å². The standard InChI is InChI=1S/C23H17Cl2NO4/c24-19-7-3-1-5-15(19)11-17-13-26(21(27)9-10-22(28)29)14-18(23(17)30)12-16-6-2-4-8-20(16)25/h1-12H,13-14H2,(H,28,29)/b10-9+,17-11-,18-12+. The van der Waals surface area contributed by atoms with Gasteiger partial charge < -0.3 is 10.0 Å². The van der Waals surface area contributed by atoms with Crippen LogP contribution < -0.4 is 0 Å². The zero-order valence-electron chi connectivity index (χ0n) is 15.7. The number of carboxylic acid groups (broad SMARTS) is 1. The summed E-state index contributed by atoms with van der Waals surface area (Å²) in [7, 11) is 0. The second-order valence-electron chi connectivity index (χ2n) is 6.58. The molecule has 7 heteroatoms. The van der Waals surface area contributed by atoms with E-state index in [1.165, 1.54) is 4.90 Å². The molecule has 0 aliphatic carbocycles. The summed E-state index contributed by atoms with van der Waals surface area (Å²) in [6.45, 7) is 0.0689. The molecule has 2 aromatic rings. The molecule has 2 aromatic carbocycles. The SMILES string of the molecule is O=C(O)/C=C/C(=O)N1C/C(=C/c2ccccc2Cl)C(=O)/C(=C/c2ccccc2Cl)C1. The number of Topliss-reactive ketones (excluding diaryl/α,β-unsaturated/α-hetero) is 1. The summed E-state index contributed by atoms with van der Waals surface area (Å²) < 4.78 is 0. The number of likely N-dealkylation sites (tertiary alicyclic amines) is 1. The lowest BCUT2D eigenvalue weighted by Gasteiger charge is -2.29. The summed E-state index contributed by atoms with van der Waals surface area (Å²) in [6.07, 6.45) is 5.03. The number of hydrogen-bond acceptors (Lipinski definition) is 3. The molecule has 1 heterocycles. The second-order valence-corrected chi connectivity index (χ2v) is 7.39. The topological polar surface area (TPSA) is 74.7 Å². The molecular weight excluding hydrogens is 425 g/mol. The largest absolute Gasteiger partial charge is 0.478 e. The van der Waals surface area contributed by atoms with E-state index in [1.807, 2.05) is 0 Å². The molecule has 3 rings (SSSR count). The first-order chi connectivity index (χ1) is 14.3. The maximum absolute atomic E-state index is 13.1. The number of rotatable bonds is 4. The monoisotopic (exact) mass is 441 g/mol. The number of carbonyl (C=O) groups excluding carboxylic acids is 2. The second kappa shape index (κ2) is 9.57. The van der Waals surface area contributed by atoms with Crippen LogP contribution in [0.1, 0.15) is 11.1 Å². The van der Waals surface area contributed by atoms with Crippen LogP contribution in [0.2, 0.25) is 10.0 Å². The third-order valence-corrected chi connectivity index (χ3v) is 5.14. The van der Waals surface area contributed by atoms with E-state index in [2.05, 4.69) is 0 Å². The number of piperidine rings is 1. The molecule has 1 N–H and O–H groups in total. The smallest absolute Gasteiger partial charge is 0.328 e. The summed E-state index contributed by atoms with van der Waals surface area (Å²) in [5.41, 5.74) is 2.03. The minimum atomic E-state index is -1.23. The van der Waals surface area contributed by atoms with Gasteiger partial charge in [-0.2, -0.15) is 0 Å². The van der Waals surface area contributed by atoms with Crippen LogP contribution in [0, 0.1) is 0 Å². The van der Waals surface area contributed by atoms with Crippen LogP contribution in [0.25, 0.3) is 12.2 Å². The lowest BCUT2D eigenvalue weighted by Crippen LogP contribution is -2.40. The van der Waals surface area contributed by atoms with Gasteiger partial charge in [0, 0.05) is 33.3 Å². The van der Waals surface area contributed by atoms with Crippen LogP contribution in [-0.2, 0) is 14.4 Å². The highest BCUT2D eigenvalue weighted by molar-refractivity contribution is 6.33. The van der Waals surface area contributed by atoms with Crippen molar-refractivity contribution in [3.63, 3.8) is 0 Å². The Balaban J connectivity index is 2.03. The first kappa shape index (κ1) is 21.6. The number of carboxylic acids is 1. The van der Waals surface area contributed by atoms with Crippen molar-refractivity contribution in [2.45, 2.75) is 0 Å². The molecule has 30 heavy (non-hydrogen) atoms. The van der Waals surface area contributed by atoms with Gasteiger partial charge in [-0.05, 0) is 35.4 Å². The van der Waals surface area contributed by atoms with Crippen molar-refractivity contribution in [2.75, 3.05) is 13.1 Å². The lowest BCUT2D eigenvalue weighted by atomic mass is 9.94.